The van der Waals surface area contributed by atoms with Crippen molar-refractivity contribution in [2.45, 2.75) is 32.7 Å². The van der Waals surface area contributed by atoms with Crippen LogP contribution in [0.2, 0.25) is 19.6 Å². The van der Waals surface area contributed by atoms with E-state index in [-0.39, 0.29) is 0 Å². The maximum atomic E-state index is 9.23. The number of hydrogen-bond acceptors (Lipinski definition) is 2. The highest BCUT2D eigenvalue weighted by atomic mass is 28.3. The SMILES string of the molecule is C[Si](C)(C)c1ccc(CNCc2ccc(O)cc2)cc1. The second-order valence-electron chi connectivity index (χ2n) is 6.22. The van der Waals surface area contributed by atoms with E-state index in [0.29, 0.717) is 5.75 Å². The Labute approximate surface area is 122 Å². The first kappa shape index (κ1) is 14.8. The summed E-state index contributed by atoms with van der Waals surface area (Å²) >= 11 is 0. The molecule has 0 saturated carbocycles. The molecule has 0 bridgehead atoms. The Hall–Kier alpha value is -1.58. The molecule has 0 atom stereocenters. The van der Waals surface area contributed by atoms with Gasteiger partial charge in [0, 0.05) is 13.1 Å². The number of phenols is 1. The molecule has 0 aromatic heterocycles. The summed E-state index contributed by atoms with van der Waals surface area (Å²) in [5.41, 5.74) is 2.49. The van der Waals surface area contributed by atoms with Crippen molar-refractivity contribution in [3.63, 3.8) is 0 Å². The van der Waals surface area contributed by atoms with Crippen LogP contribution in [-0.2, 0) is 13.1 Å². The molecule has 2 rings (SSSR count). The van der Waals surface area contributed by atoms with E-state index in [1.807, 2.05) is 12.1 Å². The minimum Gasteiger partial charge on any atom is -0.508 e. The number of nitrogens with one attached hydrogen (secondary N) is 1. The first-order chi connectivity index (χ1) is 9.45. The number of benzene rings is 2. The molecule has 2 N–H and O–H groups in total. The molecule has 0 amide bonds. The Morgan fingerprint density at radius 1 is 0.800 bits per heavy atom. The summed E-state index contributed by atoms with van der Waals surface area (Å²) in [7, 11) is -1.19. The Balaban J connectivity index is 1.87. The van der Waals surface area contributed by atoms with E-state index in [9.17, 15) is 5.11 Å². The molecular formula is C17H23NOSi. The minimum atomic E-state index is -1.19. The molecular weight excluding hydrogens is 262 g/mol. The van der Waals surface area contributed by atoms with Gasteiger partial charge in [0.2, 0.25) is 0 Å². The van der Waals surface area contributed by atoms with Gasteiger partial charge in [0.05, 0.1) is 8.07 Å². The minimum absolute atomic E-state index is 0.315. The summed E-state index contributed by atoms with van der Waals surface area (Å²) in [5.74, 6) is 0.315. The van der Waals surface area contributed by atoms with E-state index in [1.54, 1.807) is 12.1 Å². The number of phenolic OH excluding ortho intramolecular Hbond substituents is 1. The molecule has 106 valence electrons. The van der Waals surface area contributed by atoms with Gasteiger partial charge in [0.15, 0.2) is 0 Å². The zero-order valence-electron chi connectivity index (χ0n) is 12.5. The molecule has 0 aliphatic carbocycles. The highest BCUT2D eigenvalue weighted by molar-refractivity contribution is 6.88. The van der Waals surface area contributed by atoms with E-state index >= 15 is 0 Å². The van der Waals surface area contributed by atoms with Gasteiger partial charge in [-0.3, -0.25) is 0 Å². The zero-order chi connectivity index (χ0) is 14.6. The Morgan fingerprint density at radius 3 is 1.70 bits per heavy atom. The Morgan fingerprint density at radius 2 is 1.25 bits per heavy atom. The lowest BCUT2D eigenvalue weighted by atomic mass is 10.2. The molecule has 0 unspecified atom stereocenters. The van der Waals surface area contributed by atoms with Crippen molar-refractivity contribution in [2.75, 3.05) is 0 Å². The van der Waals surface area contributed by atoms with Gasteiger partial charge in [0.1, 0.15) is 5.75 Å². The second-order valence-corrected chi connectivity index (χ2v) is 11.3. The normalized spacial score (nSPS) is 11.6. The monoisotopic (exact) mass is 285 g/mol. The summed E-state index contributed by atoms with van der Waals surface area (Å²) in [5, 5.41) is 14.2. The summed E-state index contributed by atoms with van der Waals surface area (Å²) in [4.78, 5) is 0. The van der Waals surface area contributed by atoms with E-state index in [1.165, 1.54) is 16.3 Å². The fourth-order valence-electron chi connectivity index (χ4n) is 2.09. The van der Waals surface area contributed by atoms with Gasteiger partial charge in [-0.25, -0.2) is 0 Å². The standard InChI is InChI=1S/C17H23NOSi/c1-20(2,3)17-10-6-15(7-11-17)13-18-12-14-4-8-16(19)9-5-14/h4-11,18-19H,12-13H2,1-3H3. The van der Waals surface area contributed by atoms with Crippen molar-refractivity contribution in [2.24, 2.45) is 0 Å². The fraction of sp³-hybridized carbons (Fsp3) is 0.294. The molecule has 20 heavy (non-hydrogen) atoms. The molecule has 0 aliphatic heterocycles. The molecule has 0 fully saturated rings. The van der Waals surface area contributed by atoms with Crippen LogP contribution in [0.5, 0.6) is 5.75 Å². The van der Waals surface area contributed by atoms with Gasteiger partial charge in [0.25, 0.3) is 0 Å². The number of aromatic hydroxyl groups is 1. The van der Waals surface area contributed by atoms with Crippen molar-refractivity contribution in [1.29, 1.82) is 0 Å². The number of hydrogen-bond donors (Lipinski definition) is 2. The van der Waals surface area contributed by atoms with Crippen LogP contribution in [0.4, 0.5) is 0 Å². The van der Waals surface area contributed by atoms with Gasteiger partial charge < -0.3 is 10.4 Å². The predicted molar refractivity (Wildman–Crippen MR) is 88.1 cm³/mol. The molecule has 3 heteroatoms. The average molecular weight is 285 g/mol. The topological polar surface area (TPSA) is 32.3 Å². The summed E-state index contributed by atoms with van der Waals surface area (Å²) in [6.07, 6.45) is 0. The first-order valence-electron chi connectivity index (χ1n) is 7.03. The molecule has 0 aliphatic rings. The van der Waals surface area contributed by atoms with Gasteiger partial charge >= 0.3 is 0 Å². The third kappa shape index (κ3) is 4.22. The van der Waals surface area contributed by atoms with Crippen LogP contribution in [0.1, 0.15) is 11.1 Å². The van der Waals surface area contributed by atoms with Crippen LogP contribution in [0.3, 0.4) is 0 Å². The summed E-state index contributed by atoms with van der Waals surface area (Å²) in [6.45, 7) is 8.78. The molecule has 0 heterocycles. The van der Waals surface area contributed by atoms with Gasteiger partial charge in [-0.05, 0) is 23.3 Å². The van der Waals surface area contributed by atoms with Crippen LogP contribution in [0.15, 0.2) is 48.5 Å². The Bertz CT molecular complexity index is 541. The van der Waals surface area contributed by atoms with E-state index in [4.69, 9.17) is 0 Å². The molecule has 0 radical (unpaired) electrons. The molecule has 2 aromatic carbocycles. The quantitative estimate of drug-likeness (QED) is 0.827. The van der Waals surface area contributed by atoms with Crippen LogP contribution in [-0.4, -0.2) is 13.2 Å². The highest BCUT2D eigenvalue weighted by Crippen LogP contribution is 2.09. The van der Waals surface area contributed by atoms with Crippen LogP contribution >= 0.6 is 0 Å². The van der Waals surface area contributed by atoms with Crippen molar-refractivity contribution in [1.82, 2.24) is 5.32 Å². The van der Waals surface area contributed by atoms with Gasteiger partial charge in [-0.1, -0.05) is 61.2 Å². The predicted octanol–water partition coefficient (Wildman–Crippen LogP) is 3.23. The molecule has 0 spiro atoms. The maximum Gasteiger partial charge on any atom is 0.115 e. The van der Waals surface area contributed by atoms with Crippen molar-refractivity contribution in [3.8, 4) is 5.75 Å². The van der Waals surface area contributed by atoms with Crippen LogP contribution in [0, 0.1) is 0 Å². The first-order valence-corrected chi connectivity index (χ1v) is 10.5. The fourth-order valence-corrected chi connectivity index (χ4v) is 3.25. The van der Waals surface area contributed by atoms with Crippen LogP contribution < -0.4 is 10.5 Å². The number of rotatable bonds is 5. The van der Waals surface area contributed by atoms with Crippen molar-refractivity contribution in [3.05, 3.63) is 59.7 Å². The van der Waals surface area contributed by atoms with Gasteiger partial charge in [-0.2, -0.15) is 0 Å². The van der Waals surface area contributed by atoms with E-state index in [2.05, 4.69) is 49.2 Å². The lowest BCUT2D eigenvalue weighted by Gasteiger charge is -2.16. The zero-order valence-corrected chi connectivity index (χ0v) is 13.5. The highest BCUT2D eigenvalue weighted by Gasteiger charge is 2.15. The summed E-state index contributed by atoms with van der Waals surface area (Å²) in [6, 6.07) is 16.3. The van der Waals surface area contributed by atoms with Crippen molar-refractivity contribution < 1.29 is 5.11 Å². The maximum absolute atomic E-state index is 9.23. The average Bonchev–Trinajstić information content (AvgIpc) is 2.41. The largest absolute Gasteiger partial charge is 0.508 e. The van der Waals surface area contributed by atoms with E-state index in [0.717, 1.165) is 13.1 Å². The lowest BCUT2D eigenvalue weighted by molar-refractivity contribution is 0.475. The smallest absolute Gasteiger partial charge is 0.115 e. The lowest BCUT2D eigenvalue weighted by Crippen LogP contribution is -2.37. The third-order valence-corrected chi connectivity index (χ3v) is 5.48. The van der Waals surface area contributed by atoms with Crippen molar-refractivity contribution >= 4 is 13.3 Å². The van der Waals surface area contributed by atoms with Gasteiger partial charge in [-0.15, -0.1) is 0 Å². The third-order valence-electron chi connectivity index (χ3n) is 3.41. The molecule has 2 aromatic rings. The molecule has 2 nitrogen and oxygen atoms in total. The molecule has 0 saturated heterocycles. The second kappa shape index (κ2) is 6.24. The Kier molecular flexibility index (Phi) is 4.63. The summed E-state index contributed by atoms with van der Waals surface area (Å²) < 4.78 is 0. The van der Waals surface area contributed by atoms with E-state index < -0.39 is 8.07 Å². The van der Waals surface area contributed by atoms with Crippen LogP contribution in [0.25, 0.3) is 0 Å².